The fourth-order valence-corrected chi connectivity index (χ4v) is 3.77. The Morgan fingerprint density at radius 2 is 1.79 bits per heavy atom. The van der Waals surface area contributed by atoms with Crippen molar-refractivity contribution < 1.29 is 24.2 Å². The van der Waals surface area contributed by atoms with Gasteiger partial charge in [-0.3, -0.25) is 9.59 Å². The summed E-state index contributed by atoms with van der Waals surface area (Å²) in [7, 11) is 1.53. The third-order valence-corrected chi connectivity index (χ3v) is 5.20. The van der Waals surface area contributed by atoms with E-state index in [2.05, 4.69) is 0 Å². The Bertz CT molecular complexity index is 907. The van der Waals surface area contributed by atoms with Crippen molar-refractivity contribution in [2.24, 2.45) is 0 Å². The molecule has 0 aliphatic carbocycles. The van der Waals surface area contributed by atoms with Crippen molar-refractivity contribution >= 4 is 34.8 Å². The van der Waals surface area contributed by atoms with Crippen molar-refractivity contribution in [1.29, 1.82) is 0 Å². The van der Waals surface area contributed by atoms with E-state index in [1.54, 1.807) is 48.5 Å². The number of imide groups is 1. The average molecular weight is 399 g/mol. The number of ether oxygens (including phenoxy) is 2. The molecule has 0 fully saturated rings. The Labute approximate surface area is 167 Å². The van der Waals surface area contributed by atoms with Gasteiger partial charge < -0.3 is 14.6 Å². The Balaban J connectivity index is 2.02. The third kappa shape index (κ3) is 3.90. The smallest absolute Gasteiger partial charge is 0.272 e. The second kappa shape index (κ2) is 8.95. The molecule has 0 atom stereocenters. The first-order valence-corrected chi connectivity index (χ1v) is 9.83. The maximum Gasteiger partial charge on any atom is 0.272 e. The van der Waals surface area contributed by atoms with Gasteiger partial charge in [0.15, 0.2) is 0 Å². The lowest BCUT2D eigenvalue weighted by molar-refractivity contribution is -0.119. The molecule has 0 radical (unpaired) electrons. The third-order valence-electron chi connectivity index (χ3n) is 4.14. The fraction of sp³-hybridized carbons (Fsp3) is 0.238. The molecular formula is C21H21NO5S. The standard InChI is InChI=1S/C21H21NO5S/c1-3-27-16-9-7-14(8-10-16)18-19(28-12-11-23)21(25)22(20(18)24)15-5-4-6-17(13-15)26-2/h4-10,13,23H,3,11-12H2,1-2H3. The van der Waals surface area contributed by atoms with Crippen molar-refractivity contribution in [3.8, 4) is 11.5 Å². The molecule has 6 nitrogen and oxygen atoms in total. The molecule has 0 bridgehead atoms. The van der Waals surface area contributed by atoms with E-state index in [1.807, 2.05) is 6.92 Å². The zero-order chi connectivity index (χ0) is 20.1. The largest absolute Gasteiger partial charge is 0.497 e. The van der Waals surface area contributed by atoms with Gasteiger partial charge in [0, 0.05) is 11.8 Å². The summed E-state index contributed by atoms with van der Waals surface area (Å²) in [5, 5.41) is 9.20. The quantitative estimate of drug-likeness (QED) is 0.688. The maximum atomic E-state index is 13.2. The van der Waals surface area contributed by atoms with Crippen LogP contribution in [0.3, 0.4) is 0 Å². The van der Waals surface area contributed by atoms with Gasteiger partial charge in [-0.1, -0.05) is 18.2 Å². The van der Waals surface area contributed by atoms with E-state index in [-0.39, 0.29) is 6.61 Å². The van der Waals surface area contributed by atoms with Gasteiger partial charge in [-0.2, -0.15) is 0 Å². The number of aliphatic hydroxyl groups excluding tert-OH is 1. The van der Waals surface area contributed by atoms with Crippen molar-refractivity contribution in [2.75, 3.05) is 31.0 Å². The highest BCUT2D eigenvalue weighted by Gasteiger charge is 2.40. The first kappa shape index (κ1) is 20.0. The van der Waals surface area contributed by atoms with Gasteiger partial charge in [-0.05, 0) is 36.8 Å². The zero-order valence-corrected chi connectivity index (χ0v) is 16.5. The van der Waals surface area contributed by atoms with Crippen LogP contribution in [-0.2, 0) is 9.59 Å². The molecule has 1 heterocycles. The van der Waals surface area contributed by atoms with Crippen LogP contribution >= 0.6 is 11.8 Å². The molecule has 2 aromatic carbocycles. The minimum Gasteiger partial charge on any atom is -0.497 e. The highest BCUT2D eigenvalue weighted by atomic mass is 32.2. The number of carbonyl (C=O) groups excluding carboxylic acids is 2. The second-order valence-corrected chi connectivity index (χ2v) is 6.99. The molecule has 28 heavy (non-hydrogen) atoms. The number of carbonyl (C=O) groups is 2. The number of aliphatic hydroxyl groups is 1. The fourth-order valence-electron chi connectivity index (χ4n) is 2.91. The SMILES string of the molecule is CCOc1ccc(C2=C(SCCO)C(=O)N(c3cccc(OC)c3)C2=O)cc1. The first-order chi connectivity index (χ1) is 13.6. The summed E-state index contributed by atoms with van der Waals surface area (Å²) in [5.74, 6) is 0.763. The average Bonchev–Trinajstić information content (AvgIpc) is 2.97. The minimum absolute atomic E-state index is 0.0919. The Morgan fingerprint density at radius 1 is 1.04 bits per heavy atom. The molecule has 1 aliphatic heterocycles. The van der Waals surface area contributed by atoms with E-state index in [4.69, 9.17) is 9.47 Å². The van der Waals surface area contributed by atoms with Crippen LogP contribution in [0.25, 0.3) is 5.57 Å². The number of hydrogen-bond acceptors (Lipinski definition) is 6. The Morgan fingerprint density at radius 3 is 2.43 bits per heavy atom. The summed E-state index contributed by atoms with van der Waals surface area (Å²) in [6.07, 6.45) is 0. The lowest BCUT2D eigenvalue weighted by Crippen LogP contribution is -2.31. The molecule has 2 amide bonds. The van der Waals surface area contributed by atoms with E-state index >= 15 is 0 Å². The topological polar surface area (TPSA) is 76.1 Å². The minimum atomic E-state index is -0.402. The van der Waals surface area contributed by atoms with Crippen LogP contribution in [0.5, 0.6) is 11.5 Å². The number of rotatable bonds is 8. The van der Waals surface area contributed by atoms with Crippen LogP contribution in [0.15, 0.2) is 53.4 Å². The molecule has 0 saturated heterocycles. The predicted molar refractivity (Wildman–Crippen MR) is 110 cm³/mol. The van der Waals surface area contributed by atoms with Gasteiger partial charge in [0.2, 0.25) is 0 Å². The molecule has 0 aromatic heterocycles. The lowest BCUT2D eigenvalue weighted by atomic mass is 10.1. The van der Waals surface area contributed by atoms with Crippen LogP contribution in [0.1, 0.15) is 12.5 Å². The molecule has 2 aromatic rings. The summed E-state index contributed by atoms with van der Waals surface area (Å²) >= 11 is 1.18. The molecule has 146 valence electrons. The van der Waals surface area contributed by atoms with Crippen LogP contribution in [0, 0.1) is 0 Å². The molecule has 1 N–H and O–H groups in total. The number of anilines is 1. The van der Waals surface area contributed by atoms with Gasteiger partial charge >= 0.3 is 0 Å². The van der Waals surface area contributed by atoms with Crippen LogP contribution in [-0.4, -0.2) is 43.0 Å². The number of amides is 2. The van der Waals surface area contributed by atoms with Crippen LogP contribution < -0.4 is 14.4 Å². The predicted octanol–water partition coefficient (Wildman–Crippen LogP) is 3.10. The van der Waals surface area contributed by atoms with Crippen LogP contribution in [0.2, 0.25) is 0 Å². The van der Waals surface area contributed by atoms with E-state index in [9.17, 15) is 14.7 Å². The van der Waals surface area contributed by atoms with Crippen molar-refractivity contribution in [3.63, 3.8) is 0 Å². The number of nitrogens with zero attached hydrogens (tertiary/aromatic N) is 1. The monoisotopic (exact) mass is 399 g/mol. The second-order valence-electron chi connectivity index (χ2n) is 5.88. The molecule has 0 spiro atoms. The van der Waals surface area contributed by atoms with Gasteiger partial charge in [0.1, 0.15) is 11.5 Å². The Hall–Kier alpha value is -2.77. The normalized spacial score (nSPS) is 14.0. The molecule has 0 unspecified atom stereocenters. The van der Waals surface area contributed by atoms with E-state index < -0.39 is 11.8 Å². The first-order valence-electron chi connectivity index (χ1n) is 8.84. The molecule has 3 rings (SSSR count). The van der Waals surface area contributed by atoms with Gasteiger partial charge in [0.05, 0.1) is 36.5 Å². The molecular weight excluding hydrogens is 378 g/mol. The summed E-state index contributed by atoms with van der Waals surface area (Å²) in [5.41, 5.74) is 1.40. The van der Waals surface area contributed by atoms with Crippen LogP contribution in [0.4, 0.5) is 5.69 Å². The van der Waals surface area contributed by atoms with E-state index in [0.717, 1.165) is 4.90 Å². The molecule has 0 saturated carbocycles. The zero-order valence-electron chi connectivity index (χ0n) is 15.7. The highest BCUT2D eigenvalue weighted by molar-refractivity contribution is 8.04. The van der Waals surface area contributed by atoms with Crippen molar-refractivity contribution in [3.05, 3.63) is 59.0 Å². The van der Waals surface area contributed by atoms with Gasteiger partial charge in [-0.25, -0.2) is 4.90 Å². The summed E-state index contributed by atoms with van der Waals surface area (Å²) < 4.78 is 10.7. The summed E-state index contributed by atoms with van der Waals surface area (Å²) in [6, 6.07) is 13.9. The number of thioether (sulfide) groups is 1. The van der Waals surface area contributed by atoms with Crippen molar-refractivity contribution in [1.82, 2.24) is 0 Å². The number of methoxy groups -OCH3 is 1. The maximum absolute atomic E-state index is 13.2. The molecule has 1 aliphatic rings. The molecule has 7 heteroatoms. The lowest BCUT2D eigenvalue weighted by Gasteiger charge is -2.16. The summed E-state index contributed by atoms with van der Waals surface area (Å²) in [6.45, 7) is 2.34. The Kier molecular flexibility index (Phi) is 6.38. The summed E-state index contributed by atoms with van der Waals surface area (Å²) in [4.78, 5) is 27.7. The van der Waals surface area contributed by atoms with E-state index in [0.29, 0.717) is 45.6 Å². The van der Waals surface area contributed by atoms with Crippen molar-refractivity contribution in [2.45, 2.75) is 6.92 Å². The number of benzene rings is 2. The van der Waals surface area contributed by atoms with E-state index in [1.165, 1.54) is 18.9 Å². The highest BCUT2D eigenvalue weighted by Crippen LogP contribution is 2.39. The van der Waals surface area contributed by atoms with Gasteiger partial charge in [0.25, 0.3) is 11.8 Å². The number of hydrogen-bond donors (Lipinski definition) is 1. The van der Waals surface area contributed by atoms with Gasteiger partial charge in [-0.15, -0.1) is 11.8 Å².